The van der Waals surface area contributed by atoms with E-state index in [-0.39, 0.29) is 67.0 Å². The summed E-state index contributed by atoms with van der Waals surface area (Å²) in [5.74, 6) is 1.82. The molecular weight excluding hydrogens is 1220 g/mol. The molecule has 5 nitrogen and oxygen atoms in total. The number of hydrogen-bond acceptors (Lipinski definition) is 5. The van der Waals surface area contributed by atoms with Crippen molar-refractivity contribution < 1.29 is 32.7 Å². The Morgan fingerprint density at radius 3 is 1.68 bits per heavy atom. The summed E-state index contributed by atoms with van der Waals surface area (Å²) >= 11 is 0. The molecule has 9 aromatic carbocycles. The minimum atomic E-state index is -3.01. The summed E-state index contributed by atoms with van der Waals surface area (Å²) in [6, 6.07) is 58.5. The van der Waals surface area contributed by atoms with Gasteiger partial charge in [0.1, 0.15) is 13.9 Å². The van der Waals surface area contributed by atoms with Gasteiger partial charge in [0, 0.05) is 72.6 Å². The largest absolute Gasteiger partial charge is 0.509 e. The third-order valence-corrected chi connectivity index (χ3v) is 22.5. The van der Waals surface area contributed by atoms with Crippen molar-refractivity contribution in [3.8, 4) is 44.9 Å². The SMILES string of the molecule is [2H]c1c([2H])c([2H])c(-c2c(C)c(C)c(C)c(-c3cc(C(C)(C)C)cc(C(C)(C)C)c3)c2N2[CH-]N(c3[c-]c(Oc4[c-]c5c(cc4)[Si]4(c6ccc(C)cc6-c6cc(C)ccc64)c4ccccc4N5c4cc(C(C)(C)C)ccn4)ccc3)c3ccccc32)c([2H])c1[2H].[Pt]. The predicted molar refractivity (Wildman–Crippen MR) is 351 cm³/mol. The van der Waals surface area contributed by atoms with E-state index in [1.54, 1.807) is 0 Å². The van der Waals surface area contributed by atoms with Gasteiger partial charge in [-0.15, -0.1) is 47.9 Å². The van der Waals surface area contributed by atoms with Crippen molar-refractivity contribution in [2.75, 3.05) is 14.7 Å². The van der Waals surface area contributed by atoms with Crippen LogP contribution in [0.25, 0.3) is 33.4 Å². The van der Waals surface area contributed by atoms with E-state index in [0.717, 1.165) is 56.4 Å². The molecule has 0 amide bonds. The first kappa shape index (κ1) is 50.7. The second-order valence-electron chi connectivity index (χ2n) is 26.1. The molecule has 0 saturated heterocycles. The molecule has 4 heterocycles. The Morgan fingerprint density at radius 1 is 0.500 bits per heavy atom. The quantitative estimate of drug-likeness (QED) is 0.117. The second kappa shape index (κ2) is 20.8. The van der Waals surface area contributed by atoms with Crippen molar-refractivity contribution in [3.05, 3.63) is 245 Å². The van der Waals surface area contributed by atoms with Gasteiger partial charge in [0.25, 0.3) is 0 Å². The summed E-state index contributed by atoms with van der Waals surface area (Å²) in [5.41, 5.74) is 18.5. The summed E-state index contributed by atoms with van der Waals surface area (Å²) in [4.78, 5) is 11.7. The van der Waals surface area contributed by atoms with E-state index in [9.17, 15) is 2.74 Å². The van der Waals surface area contributed by atoms with Crippen LogP contribution in [0, 0.1) is 53.4 Å². The molecule has 3 aliphatic rings. The molecule has 0 atom stereocenters. The molecule has 1 aromatic heterocycles. The number of ether oxygens (including phenoxy) is 1. The standard InChI is InChI=1S/C77H73N4OSi.Pt/c1-48-31-34-67-61(39-48)62-40-49(2)32-35-68(62)83(67)69-30-21-20-29-65(69)81(71-44-55(37-38-78-71)75(6,7)8)66-46-60(33-36-70(66)83)82-59-26-22-25-58(45-59)79-47-80(64-28-19-18-27-63(64)79)74-72(53-23-16-15-17-24-53)51(4)50(3)52(5)73(74)54-41-56(76(9,10)11)43-57(42-54)77(12,13)14;/h15-44,47H,1-14H3;/q-3;/i15D,16D,17D,23D,24D;. The fraction of sp³-hybridized carbons (Fsp3) is 0.221. The van der Waals surface area contributed by atoms with E-state index < -0.39 is 14.1 Å². The fourth-order valence-corrected chi connectivity index (χ4v) is 18.3. The molecular formula is C77H73N4OPtSi-3. The number of aromatic nitrogens is 1. The molecule has 424 valence electrons. The zero-order valence-corrected chi connectivity index (χ0v) is 53.8. The monoisotopic (exact) mass is 1300 g/mol. The van der Waals surface area contributed by atoms with Crippen molar-refractivity contribution in [2.24, 2.45) is 0 Å². The number of para-hydroxylation sites is 3. The van der Waals surface area contributed by atoms with Gasteiger partial charge in [-0.1, -0.05) is 194 Å². The van der Waals surface area contributed by atoms with Crippen LogP contribution in [0.2, 0.25) is 0 Å². The maximum absolute atomic E-state index is 9.55. The number of benzene rings is 9. The van der Waals surface area contributed by atoms with Gasteiger partial charge in [0.15, 0.2) is 0 Å². The van der Waals surface area contributed by atoms with Crippen molar-refractivity contribution in [1.82, 2.24) is 4.98 Å². The first-order valence-electron chi connectivity index (χ1n) is 31.4. The molecule has 0 bridgehead atoms. The molecule has 84 heavy (non-hydrogen) atoms. The average molecular weight is 1300 g/mol. The molecule has 13 rings (SSSR count). The van der Waals surface area contributed by atoms with Gasteiger partial charge in [0.2, 0.25) is 0 Å². The van der Waals surface area contributed by atoms with Crippen molar-refractivity contribution in [2.45, 2.75) is 113 Å². The summed E-state index contributed by atoms with van der Waals surface area (Å²) in [6.45, 7) is 32.8. The number of pyridine rings is 1. The topological polar surface area (TPSA) is 31.8 Å². The Labute approximate surface area is 521 Å². The minimum absolute atomic E-state index is 0. The molecule has 0 radical (unpaired) electrons. The molecule has 7 heteroatoms. The molecule has 0 N–H and O–H groups in total. The molecule has 0 aliphatic carbocycles. The van der Waals surface area contributed by atoms with Crippen LogP contribution in [0.3, 0.4) is 0 Å². The maximum atomic E-state index is 9.55. The van der Waals surface area contributed by atoms with Gasteiger partial charge in [0.05, 0.1) is 6.85 Å². The fourth-order valence-electron chi connectivity index (χ4n) is 12.9. The van der Waals surface area contributed by atoms with Gasteiger partial charge in [-0.05, 0) is 152 Å². The van der Waals surface area contributed by atoms with Gasteiger partial charge in [-0.25, -0.2) is 4.98 Å². The van der Waals surface area contributed by atoms with E-state index in [4.69, 9.17) is 13.8 Å². The third kappa shape index (κ3) is 9.27. The number of hydrogen-bond donors (Lipinski definition) is 0. The van der Waals surface area contributed by atoms with Crippen LogP contribution < -0.4 is 40.2 Å². The smallest absolute Gasteiger partial charge is 0.135 e. The molecule has 0 fully saturated rings. The van der Waals surface area contributed by atoms with Crippen LogP contribution in [-0.4, -0.2) is 13.1 Å². The zero-order valence-electron chi connectivity index (χ0n) is 55.5. The van der Waals surface area contributed by atoms with E-state index in [1.807, 2.05) is 50.1 Å². The normalized spacial score (nSPS) is 14.8. The predicted octanol–water partition coefficient (Wildman–Crippen LogP) is 17.8. The third-order valence-electron chi connectivity index (χ3n) is 17.5. The van der Waals surface area contributed by atoms with E-state index in [0.29, 0.717) is 28.4 Å². The number of aryl methyl sites for hydroxylation is 2. The number of nitrogens with zero attached hydrogens (tertiary/aromatic N) is 4. The van der Waals surface area contributed by atoms with Gasteiger partial charge in [-0.2, -0.15) is 12.1 Å². The summed E-state index contributed by atoms with van der Waals surface area (Å²) in [6.07, 6.45) is 1.92. The maximum Gasteiger partial charge on any atom is 0.135 e. The van der Waals surface area contributed by atoms with E-state index in [2.05, 4.69) is 232 Å². The van der Waals surface area contributed by atoms with Crippen LogP contribution in [0.15, 0.2) is 182 Å². The average Bonchev–Trinajstić information content (AvgIpc) is 1.63. The van der Waals surface area contributed by atoms with E-state index >= 15 is 0 Å². The Bertz CT molecular complexity index is 4460. The molecule has 0 saturated carbocycles. The zero-order chi connectivity index (χ0) is 62.4. The summed E-state index contributed by atoms with van der Waals surface area (Å²) in [7, 11) is -3.01. The molecule has 10 aromatic rings. The van der Waals surface area contributed by atoms with Crippen LogP contribution in [0.5, 0.6) is 11.5 Å². The van der Waals surface area contributed by atoms with Crippen LogP contribution in [0.4, 0.5) is 39.9 Å². The van der Waals surface area contributed by atoms with Crippen LogP contribution in [0.1, 0.15) is 114 Å². The van der Waals surface area contributed by atoms with Crippen molar-refractivity contribution in [1.29, 1.82) is 0 Å². The first-order valence-corrected chi connectivity index (χ1v) is 30.9. The number of rotatable bonds is 7. The van der Waals surface area contributed by atoms with Gasteiger partial charge in [-0.3, -0.25) is 0 Å². The molecule has 1 spiro atoms. The Balaban J connectivity index is 0.00000769. The Morgan fingerprint density at radius 2 is 1.06 bits per heavy atom. The number of fused-ring (bicyclic) bond motifs is 10. The van der Waals surface area contributed by atoms with Crippen molar-refractivity contribution >= 4 is 68.8 Å². The van der Waals surface area contributed by atoms with Crippen molar-refractivity contribution in [3.63, 3.8) is 0 Å². The van der Waals surface area contributed by atoms with Gasteiger partial charge >= 0.3 is 0 Å². The molecule has 0 unspecified atom stereocenters. The second-order valence-corrected chi connectivity index (χ2v) is 29.7. The Kier molecular flexibility index (Phi) is 12.6. The minimum Gasteiger partial charge on any atom is -0.509 e. The Hall–Kier alpha value is -7.76. The van der Waals surface area contributed by atoms with Crippen LogP contribution >= 0.6 is 0 Å². The summed E-state index contributed by atoms with van der Waals surface area (Å²) in [5, 5.41) is 5.23. The summed E-state index contributed by atoms with van der Waals surface area (Å²) < 4.78 is 52.9. The number of anilines is 7. The molecule has 3 aliphatic heterocycles. The van der Waals surface area contributed by atoms with E-state index in [1.165, 1.54) is 59.7 Å². The first-order chi connectivity index (χ1) is 41.7. The van der Waals surface area contributed by atoms with Gasteiger partial charge < -0.3 is 19.4 Å². The van der Waals surface area contributed by atoms with Crippen LogP contribution in [-0.2, 0) is 37.3 Å².